The first-order valence-electron chi connectivity index (χ1n) is 5.65. The van der Waals surface area contributed by atoms with E-state index in [9.17, 15) is 8.42 Å². The Morgan fingerprint density at radius 1 is 1.39 bits per heavy atom. The average Bonchev–Trinajstić information content (AvgIpc) is 2.27. The van der Waals surface area contributed by atoms with Crippen molar-refractivity contribution in [1.82, 2.24) is 5.32 Å². The second-order valence-electron chi connectivity index (χ2n) is 4.35. The van der Waals surface area contributed by atoms with E-state index >= 15 is 0 Å². The van der Waals surface area contributed by atoms with Crippen LogP contribution < -0.4 is 10.2 Å². The first-order valence-corrected chi connectivity index (χ1v) is 8.09. The van der Waals surface area contributed by atoms with Gasteiger partial charge in [0.05, 0.1) is 5.75 Å². The smallest absolute Gasteiger partial charge is 0.149 e. The Morgan fingerprint density at radius 2 is 2.06 bits per heavy atom. The molecule has 6 heteroatoms. The van der Waals surface area contributed by atoms with Gasteiger partial charge in [0.25, 0.3) is 0 Å². The Morgan fingerprint density at radius 3 is 2.61 bits per heavy atom. The fraction of sp³-hybridized carbons (Fsp3) is 0.500. The van der Waals surface area contributed by atoms with Crippen molar-refractivity contribution in [2.45, 2.75) is 6.54 Å². The topological polar surface area (TPSA) is 49.4 Å². The molecule has 18 heavy (non-hydrogen) atoms. The Bertz CT molecular complexity index is 503. The molecule has 0 unspecified atom stereocenters. The summed E-state index contributed by atoms with van der Waals surface area (Å²) < 4.78 is 22.4. The van der Waals surface area contributed by atoms with E-state index in [1.54, 1.807) is 0 Å². The van der Waals surface area contributed by atoms with Gasteiger partial charge in [0, 0.05) is 37.1 Å². The second-order valence-corrected chi connectivity index (χ2v) is 7.05. The molecule has 0 saturated heterocycles. The molecule has 0 amide bonds. The summed E-state index contributed by atoms with van der Waals surface area (Å²) in [5.74, 6) is 0.134. The number of halogens is 1. The quantitative estimate of drug-likeness (QED) is 0.863. The minimum Gasteiger partial charge on any atom is -0.373 e. The lowest BCUT2D eigenvalue weighted by atomic mass is 10.1. The molecule has 0 aliphatic heterocycles. The van der Waals surface area contributed by atoms with Gasteiger partial charge in [-0.25, -0.2) is 8.42 Å². The van der Waals surface area contributed by atoms with E-state index in [4.69, 9.17) is 11.6 Å². The standard InChI is InChI=1S/C12H19ClN2O2S/c1-14-9-10-4-5-11(13)8-12(10)15(2)6-7-18(3,16)17/h4-5,8,14H,6-7,9H2,1-3H3. The van der Waals surface area contributed by atoms with Gasteiger partial charge in [0.1, 0.15) is 9.84 Å². The highest BCUT2D eigenvalue weighted by Crippen LogP contribution is 2.24. The molecule has 0 radical (unpaired) electrons. The second kappa shape index (κ2) is 6.41. The lowest BCUT2D eigenvalue weighted by Gasteiger charge is -2.22. The van der Waals surface area contributed by atoms with Crippen molar-refractivity contribution < 1.29 is 8.42 Å². The highest BCUT2D eigenvalue weighted by Gasteiger charge is 2.10. The van der Waals surface area contributed by atoms with Gasteiger partial charge in [-0.15, -0.1) is 0 Å². The van der Waals surface area contributed by atoms with Crippen LogP contribution in [0, 0.1) is 0 Å². The summed E-state index contributed by atoms with van der Waals surface area (Å²) in [5, 5.41) is 3.73. The van der Waals surface area contributed by atoms with Gasteiger partial charge in [0.15, 0.2) is 0 Å². The summed E-state index contributed by atoms with van der Waals surface area (Å²) in [5.41, 5.74) is 2.05. The van der Waals surface area contributed by atoms with Crippen LogP contribution in [0.25, 0.3) is 0 Å². The third kappa shape index (κ3) is 4.84. The Hall–Kier alpha value is -0.780. The van der Waals surface area contributed by atoms with Crippen molar-refractivity contribution in [1.29, 1.82) is 0 Å². The van der Waals surface area contributed by atoms with Crippen LogP contribution >= 0.6 is 11.6 Å². The summed E-state index contributed by atoms with van der Waals surface area (Å²) in [6.45, 7) is 1.17. The summed E-state index contributed by atoms with van der Waals surface area (Å²) >= 11 is 5.99. The Balaban J connectivity index is 2.89. The van der Waals surface area contributed by atoms with E-state index < -0.39 is 9.84 Å². The third-order valence-electron chi connectivity index (χ3n) is 2.62. The van der Waals surface area contributed by atoms with Crippen molar-refractivity contribution >= 4 is 27.1 Å². The van der Waals surface area contributed by atoms with Gasteiger partial charge in [-0.1, -0.05) is 17.7 Å². The number of hydrogen-bond donors (Lipinski definition) is 1. The molecular weight excluding hydrogens is 272 g/mol. The zero-order valence-corrected chi connectivity index (χ0v) is 12.5. The van der Waals surface area contributed by atoms with Crippen molar-refractivity contribution in [3.8, 4) is 0 Å². The zero-order valence-electron chi connectivity index (χ0n) is 10.9. The molecule has 0 aliphatic carbocycles. The SMILES string of the molecule is CNCc1ccc(Cl)cc1N(C)CCS(C)(=O)=O. The normalized spacial score (nSPS) is 11.6. The van der Waals surface area contributed by atoms with E-state index in [2.05, 4.69) is 5.32 Å². The molecule has 0 atom stereocenters. The minimum absolute atomic E-state index is 0.134. The van der Waals surface area contributed by atoms with Gasteiger partial charge >= 0.3 is 0 Å². The molecular formula is C12H19ClN2O2S. The number of sulfone groups is 1. The van der Waals surface area contributed by atoms with E-state index in [1.165, 1.54) is 6.26 Å². The third-order valence-corrected chi connectivity index (χ3v) is 3.78. The van der Waals surface area contributed by atoms with Crippen LogP contribution in [-0.4, -0.2) is 41.1 Å². The van der Waals surface area contributed by atoms with Crippen LogP contribution in [0.2, 0.25) is 5.02 Å². The maximum atomic E-state index is 11.2. The molecule has 0 spiro atoms. The highest BCUT2D eigenvalue weighted by molar-refractivity contribution is 7.90. The highest BCUT2D eigenvalue weighted by atomic mass is 35.5. The molecule has 0 aromatic heterocycles. The molecule has 1 rings (SSSR count). The van der Waals surface area contributed by atoms with Crippen LogP contribution in [0.1, 0.15) is 5.56 Å². The molecule has 0 saturated carbocycles. The van der Waals surface area contributed by atoms with Crippen LogP contribution in [0.15, 0.2) is 18.2 Å². The number of nitrogens with zero attached hydrogens (tertiary/aromatic N) is 1. The molecule has 1 aromatic carbocycles. The minimum atomic E-state index is -2.95. The first kappa shape index (κ1) is 15.3. The van der Waals surface area contributed by atoms with Crippen molar-refractivity contribution in [3.05, 3.63) is 28.8 Å². The van der Waals surface area contributed by atoms with Crippen molar-refractivity contribution in [2.24, 2.45) is 0 Å². The van der Waals surface area contributed by atoms with Gasteiger partial charge in [-0.05, 0) is 24.7 Å². The zero-order chi connectivity index (χ0) is 13.8. The molecule has 1 N–H and O–H groups in total. The predicted octanol–water partition coefficient (Wildman–Crippen LogP) is 1.54. The number of benzene rings is 1. The first-order chi connectivity index (χ1) is 8.33. The predicted molar refractivity (Wildman–Crippen MR) is 77.2 cm³/mol. The molecule has 0 fully saturated rings. The van der Waals surface area contributed by atoms with Crippen molar-refractivity contribution in [3.63, 3.8) is 0 Å². The van der Waals surface area contributed by atoms with Crippen LogP contribution in [0.3, 0.4) is 0 Å². The fourth-order valence-electron chi connectivity index (χ4n) is 1.66. The van der Waals surface area contributed by atoms with E-state index in [-0.39, 0.29) is 5.75 Å². The Labute approximate surface area is 114 Å². The molecule has 102 valence electrons. The largest absolute Gasteiger partial charge is 0.373 e. The molecule has 0 aliphatic rings. The number of rotatable bonds is 6. The fourth-order valence-corrected chi connectivity index (χ4v) is 2.43. The summed E-state index contributed by atoms with van der Waals surface area (Å²) in [6, 6.07) is 5.64. The molecule has 0 heterocycles. The number of anilines is 1. The summed E-state index contributed by atoms with van der Waals surface area (Å²) in [7, 11) is 0.788. The number of nitrogens with one attached hydrogen (secondary N) is 1. The van der Waals surface area contributed by atoms with Crippen LogP contribution in [0.5, 0.6) is 0 Å². The van der Waals surface area contributed by atoms with E-state index in [1.807, 2.05) is 37.2 Å². The van der Waals surface area contributed by atoms with Gasteiger partial charge < -0.3 is 10.2 Å². The monoisotopic (exact) mass is 290 g/mol. The molecule has 0 bridgehead atoms. The van der Waals surface area contributed by atoms with Gasteiger partial charge in [-0.3, -0.25) is 0 Å². The van der Waals surface area contributed by atoms with Crippen LogP contribution in [0.4, 0.5) is 5.69 Å². The lowest BCUT2D eigenvalue weighted by Crippen LogP contribution is -2.26. The van der Waals surface area contributed by atoms with E-state index in [0.29, 0.717) is 11.6 Å². The molecule has 1 aromatic rings. The van der Waals surface area contributed by atoms with Crippen LogP contribution in [-0.2, 0) is 16.4 Å². The summed E-state index contributed by atoms with van der Waals surface area (Å²) in [4.78, 5) is 1.92. The van der Waals surface area contributed by atoms with Gasteiger partial charge in [-0.2, -0.15) is 0 Å². The van der Waals surface area contributed by atoms with Gasteiger partial charge in [0.2, 0.25) is 0 Å². The number of hydrogen-bond acceptors (Lipinski definition) is 4. The average molecular weight is 291 g/mol. The summed E-state index contributed by atoms with van der Waals surface area (Å²) in [6.07, 6.45) is 1.24. The lowest BCUT2D eigenvalue weighted by molar-refractivity contribution is 0.601. The van der Waals surface area contributed by atoms with Crippen molar-refractivity contribution in [2.75, 3.05) is 37.5 Å². The maximum Gasteiger partial charge on any atom is 0.149 e. The molecule has 4 nitrogen and oxygen atoms in total. The Kier molecular flexibility index (Phi) is 5.44. The maximum absolute atomic E-state index is 11.2. The van der Waals surface area contributed by atoms with E-state index in [0.717, 1.165) is 17.8 Å².